The summed E-state index contributed by atoms with van der Waals surface area (Å²) in [5, 5.41) is 4.61. The van der Waals surface area contributed by atoms with Gasteiger partial charge < -0.3 is 20.1 Å². The van der Waals surface area contributed by atoms with Crippen LogP contribution in [0.1, 0.15) is 23.7 Å². The monoisotopic (exact) mass is 460 g/mol. The van der Waals surface area contributed by atoms with Gasteiger partial charge in [0.15, 0.2) is 6.10 Å². The first-order valence-corrected chi connectivity index (χ1v) is 9.04. The molecule has 0 saturated heterocycles. The standard InChI is InChI=1S/C20H17F5N2O5/c1-11(18(29)27-13-3-5-14(6-4-13)32-20(23,24)25)31-17(28)8-9-26-19(30)15-7-2-12(21)10-16(15)22/h2-7,10-11H,8-9H2,1H3,(H,26,30)(H,27,29). The van der Waals surface area contributed by atoms with Gasteiger partial charge in [-0.3, -0.25) is 14.4 Å². The molecule has 0 aliphatic rings. The predicted octanol–water partition coefficient (Wildman–Crippen LogP) is 3.55. The Morgan fingerprint density at radius 2 is 1.69 bits per heavy atom. The number of esters is 1. The van der Waals surface area contributed by atoms with Crippen molar-refractivity contribution in [3.8, 4) is 5.75 Å². The Hall–Kier alpha value is -3.70. The number of hydrogen-bond donors (Lipinski definition) is 2. The molecular formula is C20H17F5N2O5. The van der Waals surface area contributed by atoms with Crippen LogP contribution < -0.4 is 15.4 Å². The van der Waals surface area contributed by atoms with E-state index in [1.165, 1.54) is 6.92 Å². The molecule has 0 saturated carbocycles. The quantitative estimate of drug-likeness (QED) is 0.464. The first-order chi connectivity index (χ1) is 14.9. The SMILES string of the molecule is CC(OC(=O)CCNC(=O)c1ccc(F)cc1F)C(=O)Nc1ccc(OC(F)(F)F)cc1. The Labute approximate surface area is 178 Å². The van der Waals surface area contributed by atoms with E-state index in [1.807, 2.05) is 0 Å². The van der Waals surface area contributed by atoms with E-state index in [4.69, 9.17) is 4.74 Å². The van der Waals surface area contributed by atoms with Gasteiger partial charge in [-0.1, -0.05) is 0 Å². The summed E-state index contributed by atoms with van der Waals surface area (Å²) < 4.78 is 71.4. The van der Waals surface area contributed by atoms with Gasteiger partial charge in [-0.2, -0.15) is 0 Å². The van der Waals surface area contributed by atoms with Crippen LogP contribution in [0.2, 0.25) is 0 Å². The number of benzene rings is 2. The summed E-state index contributed by atoms with van der Waals surface area (Å²) in [6.45, 7) is 1.03. The molecule has 0 aliphatic carbocycles. The van der Waals surface area contributed by atoms with Gasteiger partial charge in [0.2, 0.25) is 0 Å². The smallest absolute Gasteiger partial charge is 0.452 e. The molecule has 1 unspecified atom stereocenters. The van der Waals surface area contributed by atoms with Crippen molar-refractivity contribution in [2.45, 2.75) is 25.8 Å². The van der Waals surface area contributed by atoms with Crippen molar-refractivity contribution in [1.82, 2.24) is 5.32 Å². The van der Waals surface area contributed by atoms with Gasteiger partial charge in [0.1, 0.15) is 17.4 Å². The van der Waals surface area contributed by atoms with Crippen LogP contribution in [0.3, 0.4) is 0 Å². The number of amides is 2. The van der Waals surface area contributed by atoms with Crippen molar-refractivity contribution >= 4 is 23.5 Å². The van der Waals surface area contributed by atoms with Gasteiger partial charge in [0.05, 0.1) is 12.0 Å². The van der Waals surface area contributed by atoms with Crippen LogP contribution in [0, 0.1) is 11.6 Å². The van der Waals surface area contributed by atoms with Gasteiger partial charge >= 0.3 is 12.3 Å². The average molecular weight is 460 g/mol. The van der Waals surface area contributed by atoms with Crippen molar-refractivity contribution in [3.05, 3.63) is 59.7 Å². The minimum atomic E-state index is -4.85. The van der Waals surface area contributed by atoms with E-state index >= 15 is 0 Å². The van der Waals surface area contributed by atoms with Gasteiger partial charge in [-0.15, -0.1) is 13.2 Å². The molecular weight excluding hydrogens is 443 g/mol. The van der Waals surface area contributed by atoms with Crippen molar-refractivity contribution in [1.29, 1.82) is 0 Å². The molecule has 7 nitrogen and oxygen atoms in total. The fourth-order valence-electron chi connectivity index (χ4n) is 2.34. The van der Waals surface area contributed by atoms with Gasteiger partial charge in [-0.05, 0) is 43.3 Å². The largest absolute Gasteiger partial charge is 0.573 e. The lowest BCUT2D eigenvalue weighted by atomic mass is 10.2. The Balaban J connectivity index is 1.76. The second-order valence-corrected chi connectivity index (χ2v) is 6.32. The summed E-state index contributed by atoms with van der Waals surface area (Å²) in [6, 6.07) is 6.71. The Morgan fingerprint density at radius 1 is 1.03 bits per heavy atom. The van der Waals surface area contributed by atoms with Crippen LogP contribution in [-0.4, -0.2) is 36.8 Å². The minimum absolute atomic E-state index is 0.140. The molecule has 2 N–H and O–H groups in total. The minimum Gasteiger partial charge on any atom is -0.452 e. The first kappa shape index (κ1) is 24.6. The van der Waals surface area contributed by atoms with Crippen molar-refractivity contribution < 1.29 is 45.8 Å². The van der Waals surface area contributed by atoms with Gasteiger partial charge in [-0.25, -0.2) is 8.78 Å². The zero-order chi connectivity index (χ0) is 23.9. The third kappa shape index (κ3) is 7.85. The van der Waals surface area contributed by atoms with Crippen LogP contribution in [0.5, 0.6) is 5.75 Å². The van der Waals surface area contributed by atoms with E-state index in [1.54, 1.807) is 0 Å². The summed E-state index contributed by atoms with van der Waals surface area (Å²) in [6.07, 6.45) is -6.44. The molecule has 32 heavy (non-hydrogen) atoms. The average Bonchev–Trinajstić information content (AvgIpc) is 2.68. The molecule has 2 rings (SSSR count). The van der Waals surface area contributed by atoms with E-state index in [-0.39, 0.29) is 18.7 Å². The second kappa shape index (κ2) is 10.6. The van der Waals surface area contributed by atoms with Gasteiger partial charge in [0.25, 0.3) is 11.8 Å². The number of alkyl halides is 3. The number of nitrogens with one attached hydrogen (secondary N) is 2. The molecule has 0 heterocycles. The lowest BCUT2D eigenvalue weighted by Gasteiger charge is -2.14. The summed E-state index contributed by atoms with van der Waals surface area (Å²) in [7, 11) is 0. The number of carbonyl (C=O) groups excluding carboxylic acids is 3. The molecule has 172 valence electrons. The molecule has 0 fully saturated rings. The summed E-state index contributed by atoms with van der Waals surface area (Å²) in [5.41, 5.74) is -0.264. The fourth-order valence-corrected chi connectivity index (χ4v) is 2.34. The molecule has 0 radical (unpaired) electrons. The fraction of sp³-hybridized carbons (Fsp3) is 0.250. The van der Waals surface area contributed by atoms with E-state index in [9.17, 15) is 36.3 Å². The normalized spacial score (nSPS) is 11.9. The summed E-state index contributed by atoms with van der Waals surface area (Å²) in [5.74, 6) is -4.84. The van der Waals surface area contributed by atoms with Crippen LogP contribution >= 0.6 is 0 Å². The number of ether oxygens (including phenoxy) is 2. The molecule has 0 aliphatic heterocycles. The van der Waals surface area contributed by atoms with Crippen LogP contribution in [-0.2, 0) is 14.3 Å². The molecule has 0 bridgehead atoms. The highest BCUT2D eigenvalue weighted by molar-refractivity contribution is 5.95. The van der Waals surface area contributed by atoms with E-state index < -0.39 is 53.2 Å². The predicted molar refractivity (Wildman–Crippen MR) is 101 cm³/mol. The number of anilines is 1. The van der Waals surface area contributed by atoms with Crippen LogP contribution in [0.15, 0.2) is 42.5 Å². The number of carbonyl (C=O) groups is 3. The van der Waals surface area contributed by atoms with Gasteiger partial charge in [0, 0.05) is 18.3 Å². The van der Waals surface area contributed by atoms with E-state index in [0.29, 0.717) is 6.07 Å². The zero-order valence-electron chi connectivity index (χ0n) is 16.5. The zero-order valence-corrected chi connectivity index (χ0v) is 16.5. The van der Waals surface area contributed by atoms with Crippen molar-refractivity contribution in [3.63, 3.8) is 0 Å². The summed E-state index contributed by atoms with van der Waals surface area (Å²) in [4.78, 5) is 35.7. The molecule has 0 spiro atoms. The third-order valence-electron chi connectivity index (χ3n) is 3.82. The molecule has 2 aromatic rings. The maximum atomic E-state index is 13.5. The first-order valence-electron chi connectivity index (χ1n) is 9.04. The topological polar surface area (TPSA) is 93.7 Å². The Morgan fingerprint density at radius 3 is 2.28 bits per heavy atom. The molecule has 2 aromatic carbocycles. The molecule has 12 heteroatoms. The maximum absolute atomic E-state index is 13.5. The highest BCUT2D eigenvalue weighted by Crippen LogP contribution is 2.24. The molecule has 0 aromatic heterocycles. The maximum Gasteiger partial charge on any atom is 0.573 e. The lowest BCUT2D eigenvalue weighted by molar-refractivity contribution is -0.274. The van der Waals surface area contributed by atoms with E-state index in [0.717, 1.165) is 36.4 Å². The Bertz CT molecular complexity index is 979. The highest BCUT2D eigenvalue weighted by Gasteiger charge is 2.31. The number of hydrogen-bond acceptors (Lipinski definition) is 5. The molecule has 1 atom stereocenters. The molecule has 2 amide bonds. The number of rotatable bonds is 8. The van der Waals surface area contributed by atoms with Crippen LogP contribution in [0.25, 0.3) is 0 Å². The second-order valence-electron chi connectivity index (χ2n) is 6.32. The van der Waals surface area contributed by atoms with Crippen molar-refractivity contribution in [2.24, 2.45) is 0 Å². The van der Waals surface area contributed by atoms with E-state index in [2.05, 4.69) is 15.4 Å². The lowest BCUT2D eigenvalue weighted by Crippen LogP contribution is -2.32. The highest BCUT2D eigenvalue weighted by atomic mass is 19.4. The van der Waals surface area contributed by atoms with Crippen molar-refractivity contribution in [2.75, 3.05) is 11.9 Å². The third-order valence-corrected chi connectivity index (χ3v) is 3.82. The Kier molecular flexibility index (Phi) is 8.10. The van der Waals surface area contributed by atoms with Crippen LogP contribution in [0.4, 0.5) is 27.6 Å². The number of halogens is 5. The summed E-state index contributed by atoms with van der Waals surface area (Å²) >= 11 is 0.